The maximum atomic E-state index is 13.8. The Bertz CT molecular complexity index is 666. The van der Waals surface area contributed by atoms with Crippen molar-refractivity contribution in [2.24, 2.45) is 0 Å². The molecule has 5 heteroatoms. The van der Waals surface area contributed by atoms with Crippen molar-refractivity contribution in [3.63, 3.8) is 0 Å². The van der Waals surface area contributed by atoms with Crippen LogP contribution in [0, 0.1) is 5.82 Å². The van der Waals surface area contributed by atoms with E-state index in [1.165, 1.54) is 12.1 Å². The lowest BCUT2D eigenvalue weighted by molar-refractivity contribution is -0.129. The molecule has 0 unspecified atom stereocenters. The fraction of sp³-hybridized carbons (Fsp3) is 0.278. The molecule has 23 heavy (non-hydrogen) atoms. The number of hydrogen-bond donors (Lipinski definition) is 0. The van der Waals surface area contributed by atoms with E-state index in [2.05, 4.69) is 0 Å². The minimum Gasteiger partial charge on any atom is -0.378 e. The Balaban J connectivity index is 2.02. The molecule has 0 aliphatic carbocycles. The molecule has 0 aliphatic rings. The highest BCUT2D eigenvalue weighted by Crippen LogP contribution is 2.20. The Morgan fingerprint density at radius 1 is 1.09 bits per heavy atom. The largest absolute Gasteiger partial charge is 0.378 e. The van der Waals surface area contributed by atoms with E-state index in [0.29, 0.717) is 6.54 Å². The van der Waals surface area contributed by atoms with Gasteiger partial charge in [0, 0.05) is 44.0 Å². The Morgan fingerprint density at radius 2 is 1.74 bits per heavy atom. The molecular weight excluding hydrogens is 315 g/mol. The summed E-state index contributed by atoms with van der Waals surface area (Å²) in [6.07, 6.45) is -0.0439. The third-order valence-electron chi connectivity index (χ3n) is 3.69. The standard InChI is InChI=1S/C18H20ClFN2O/c1-21(2)14-9-7-13(8-10-14)12-22(3)18(23)11-15-16(19)5-4-6-17(15)20/h4-10H,11-12H2,1-3H3. The van der Waals surface area contributed by atoms with Gasteiger partial charge in [-0.05, 0) is 29.8 Å². The highest BCUT2D eigenvalue weighted by Gasteiger charge is 2.15. The minimum absolute atomic E-state index is 0.0439. The Morgan fingerprint density at radius 3 is 2.30 bits per heavy atom. The molecule has 0 heterocycles. The van der Waals surface area contributed by atoms with Crippen molar-refractivity contribution in [3.05, 3.63) is 64.4 Å². The second-order valence-electron chi connectivity index (χ2n) is 5.69. The third kappa shape index (κ3) is 4.45. The third-order valence-corrected chi connectivity index (χ3v) is 4.04. The van der Waals surface area contributed by atoms with Crippen LogP contribution in [0.1, 0.15) is 11.1 Å². The van der Waals surface area contributed by atoms with Gasteiger partial charge in [0.05, 0.1) is 6.42 Å². The van der Waals surface area contributed by atoms with E-state index < -0.39 is 5.82 Å². The molecule has 2 aromatic rings. The first-order valence-electron chi connectivity index (χ1n) is 7.31. The van der Waals surface area contributed by atoms with Crippen molar-refractivity contribution in [2.75, 3.05) is 26.0 Å². The lowest BCUT2D eigenvalue weighted by Gasteiger charge is -2.19. The number of hydrogen-bond acceptors (Lipinski definition) is 2. The molecule has 0 saturated carbocycles. The van der Waals surface area contributed by atoms with Gasteiger partial charge in [0.25, 0.3) is 0 Å². The van der Waals surface area contributed by atoms with Crippen molar-refractivity contribution in [1.29, 1.82) is 0 Å². The number of likely N-dealkylation sites (N-methyl/N-ethyl adjacent to an activating group) is 1. The predicted molar refractivity (Wildman–Crippen MR) is 92.4 cm³/mol. The van der Waals surface area contributed by atoms with E-state index in [9.17, 15) is 9.18 Å². The van der Waals surface area contributed by atoms with Crippen molar-refractivity contribution < 1.29 is 9.18 Å². The van der Waals surface area contributed by atoms with Gasteiger partial charge >= 0.3 is 0 Å². The van der Waals surface area contributed by atoms with Gasteiger partial charge in [0.1, 0.15) is 5.82 Å². The molecule has 1 amide bonds. The summed E-state index contributed by atoms with van der Waals surface area (Å²) in [6.45, 7) is 0.471. The second-order valence-corrected chi connectivity index (χ2v) is 6.09. The second kappa shape index (κ2) is 7.47. The summed E-state index contributed by atoms with van der Waals surface area (Å²) in [5, 5.41) is 0.280. The molecule has 0 atom stereocenters. The van der Waals surface area contributed by atoms with Crippen molar-refractivity contribution in [3.8, 4) is 0 Å². The molecule has 2 aromatic carbocycles. The Kier molecular flexibility index (Phi) is 5.61. The van der Waals surface area contributed by atoms with Gasteiger partial charge in [-0.3, -0.25) is 4.79 Å². The number of carbonyl (C=O) groups excluding carboxylic acids is 1. The molecule has 0 fully saturated rings. The van der Waals surface area contributed by atoms with E-state index in [1.54, 1.807) is 18.0 Å². The first-order valence-corrected chi connectivity index (χ1v) is 7.69. The van der Waals surface area contributed by atoms with E-state index in [0.717, 1.165) is 11.3 Å². The summed E-state index contributed by atoms with van der Waals surface area (Å²) in [7, 11) is 5.66. The summed E-state index contributed by atoms with van der Waals surface area (Å²) in [6, 6.07) is 12.4. The molecule has 0 N–H and O–H groups in total. The van der Waals surface area contributed by atoms with Crippen LogP contribution in [-0.2, 0) is 17.8 Å². The smallest absolute Gasteiger partial charge is 0.227 e. The summed E-state index contributed by atoms with van der Waals surface area (Å²) in [4.78, 5) is 15.9. The molecule has 3 nitrogen and oxygen atoms in total. The van der Waals surface area contributed by atoms with Crippen LogP contribution in [0.5, 0.6) is 0 Å². The van der Waals surface area contributed by atoms with Gasteiger partial charge in [-0.25, -0.2) is 4.39 Å². The summed E-state index contributed by atoms with van der Waals surface area (Å²) < 4.78 is 13.8. The van der Waals surface area contributed by atoms with Gasteiger partial charge in [0.15, 0.2) is 0 Å². The fourth-order valence-electron chi connectivity index (χ4n) is 2.25. The SMILES string of the molecule is CN(Cc1ccc(N(C)C)cc1)C(=O)Cc1c(F)cccc1Cl. The number of anilines is 1. The van der Waals surface area contributed by atoms with Crippen LogP contribution in [-0.4, -0.2) is 32.0 Å². The van der Waals surface area contributed by atoms with Crippen LogP contribution in [0.2, 0.25) is 5.02 Å². The summed E-state index contributed by atoms with van der Waals surface area (Å²) in [5.41, 5.74) is 2.36. The van der Waals surface area contributed by atoms with E-state index in [1.807, 2.05) is 43.3 Å². The number of halogens is 2. The maximum Gasteiger partial charge on any atom is 0.227 e. The average Bonchev–Trinajstić information content (AvgIpc) is 2.51. The predicted octanol–water partition coefficient (Wildman–Crippen LogP) is 3.75. The lowest BCUT2D eigenvalue weighted by atomic mass is 10.1. The molecular formula is C18H20ClFN2O. The van der Waals surface area contributed by atoms with Crippen LogP contribution in [0.4, 0.5) is 10.1 Å². The monoisotopic (exact) mass is 334 g/mol. The van der Waals surface area contributed by atoms with Crippen molar-refractivity contribution in [2.45, 2.75) is 13.0 Å². The molecule has 122 valence electrons. The maximum absolute atomic E-state index is 13.8. The number of rotatable bonds is 5. The zero-order valence-corrected chi connectivity index (χ0v) is 14.3. The van der Waals surface area contributed by atoms with Crippen LogP contribution in [0.15, 0.2) is 42.5 Å². The highest BCUT2D eigenvalue weighted by molar-refractivity contribution is 6.31. The van der Waals surface area contributed by atoms with E-state index >= 15 is 0 Å². The van der Waals surface area contributed by atoms with Gasteiger partial charge in [-0.15, -0.1) is 0 Å². The van der Waals surface area contributed by atoms with Crippen molar-refractivity contribution in [1.82, 2.24) is 4.90 Å². The first kappa shape index (κ1) is 17.3. The van der Waals surface area contributed by atoms with Crippen LogP contribution in [0.3, 0.4) is 0 Å². The lowest BCUT2D eigenvalue weighted by Crippen LogP contribution is -2.28. The normalized spacial score (nSPS) is 10.5. The summed E-state index contributed by atoms with van der Waals surface area (Å²) in [5.74, 6) is -0.622. The van der Waals surface area contributed by atoms with Gasteiger partial charge in [0.2, 0.25) is 5.91 Å². The number of amides is 1. The minimum atomic E-state index is -0.449. The van der Waals surface area contributed by atoms with Gasteiger partial charge < -0.3 is 9.80 Å². The number of carbonyl (C=O) groups is 1. The topological polar surface area (TPSA) is 23.6 Å². The molecule has 0 spiro atoms. The molecule has 0 saturated heterocycles. The first-order chi connectivity index (χ1) is 10.9. The summed E-state index contributed by atoms with van der Waals surface area (Å²) >= 11 is 5.97. The van der Waals surface area contributed by atoms with Crippen LogP contribution in [0.25, 0.3) is 0 Å². The Hall–Kier alpha value is -2.07. The van der Waals surface area contributed by atoms with Crippen molar-refractivity contribution >= 4 is 23.2 Å². The van der Waals surface area contributed by atoms with E-state index in [4.69, 9.17) is 11.6 Å². The van der Waals surface area contributed by atoms with Gasteiger partial charge in [-0.2, -0.15) is 0 Å². The quantitative estimate of drug-likeness (QED) is 0.831. The fourth-order valence-corrected chi connectivity index (χ4v) is 2.48. The molecule has 0 aromatic heterocycles. The zero-order chi connectivity index (χ0) is 17.0. The zero-order valence-electron chi connectivity index (χ0n) is 13.5. The molecule has 2 rings (SSSR count). The highest BCUT2D eigenvalue weighted by atomic mass is 35.5. The van der Waals surface area contributed by atoms with Gasteiger partial charge in [-0.1, -0.05) is 29.8 Å². The van der Waals surface area contributed by atoms with E-state index in [-0.39, 0.29) is 22.9 Å². The number of nitrogens with zero attached hydrogens (tertiary/aromatic N) is 2. The average molecular weight is 335 g/mol. The number of benzene rings is 2. The molecule has 0 bridgehead atoms. The molecule has 0 radical (unpaired) electrons. The van der Waals surface area contributed by atoms with Crippen LogP contribution < -0.4 is 4.90 Å². The molecule has 0 aliphatic heterocycles. The van der Waals surface area contributed by atoms with Crippen LogP contribution >= 0.6 is 11.6 Å². The Labute approximate surface area is 141 Å².